The minimum Gasteiger partial charge on any atom is -0.477 e. The van der Waals surface area contributed by atoms with Gasteiger partial charge in [-0.2, -0.15) is 0 Å². The van der Waals surface area contributed by atoms with Crippen LogP contribution in [0.3, 0.4) is 0 Å². The van der Waals surface area contributed by atoms with Crippen molar-refractivity contribution in [1.29, 1.82) is 0 Å². The summed E-state index contributed by atoms with van der Waals surface area (Å²) in [6.45, 7) is 0. The van der Waals surface area contributed by atoms with Gasteiger partial charge in [-0.1, -0.05) is 11.2 Å². The summed E-state index contributed by atoms with van der Waals surface area (Å²) in [6.07, 6.45) is 1.30. The number of aromatic nitrogens is 2. The molecule has 2 heterocycles. The highest BCUT2D eigenvalue weighted by Gasteiger charge is 2.12. The van der Waals surface area contributed by atoms with Crippen LogP contribution in [-0.4, -0.2) is 27.1 Å². The summed E-state index contributed by atoms with van der Waals surface area (Å²) in [5.41, 5.74) is -0.203. The molecule has 1 amide bonds. The molecule has 0 unspecified atom stereocenters. The number of aromatic carboxylic acids is 1. The van der Waals surface area contributed by atoms with Gasteiger partial charge in [0.15, 0.2) is 5.82 Å². The van der Waals surface area contributed by atoms with Crippen molar-refractivity contribution in [2.75, 3.05) is 5.32 Å². The van der Waals surface area contributed by atoms with E-state index < -0.39 is 11.9 Å². The molecule has 17 heavy (non-hydrogen) atoms. The van der Waals surface area contributed by atoms with Gasteiger partial charge >= 0.3 is 5.97 Å². The van der Waals surface area contributed by atoms with Crippen LogP contribution in [0.4, 0.5) is 5.82 Å². The fourth-order valence-corrected chi connectivity index (χ4v) is 1.14. The molecule has 0 atom stereocenters. The lowest BCUT2D eigenvalue weighted by atomic mass is 10.3. The van der Waals surface area contributed by atoms with Crippen molar-refractivity contribution in [3.05, 3.63) is 41.9 Å². The molecule has 0 aliphatic carbocycles. The molecular formula is C10H7N3O4. The Morgan fingerprint density at radius 2 is 2.00 bits per heavy atom. The monoisotopic (exact) mass is 233 g/mol. The lowest BCUT2D eigenvalue weighted by Gasteiger charge is -2.01. The number of hydrogen-bond acceptors (Lipinski definition) is 5. The van der Waals surface area contributed by atoms with Gasteiger partial charge in [-0.3, -0.25) is 4.79 Å². The Balaban J connectivity index is 2.19. The molecule has 0 spiro atoms. The number of nitrogens with one attached hydrogen (secondary N) is 1. The number of rotatable bonds is 3. The van der Waals surface area contributed by atoms with Crippen LogP contribution in [0.25, 0.3) is 0 Å². The van der Waals surface area contributed by atoms with Gasteiger partial charge in [0, 0.05) is 6.07 Å². The van der Waals surface area contributed by atoms with Crippen LogP contribution < -0.4 is 5.32 Å². The highest BCUT2D eigenvalue weighted by molar-refractivity contribution is 6.02. The van der Waals surface area contributed by atoms with Crippen LogP contribution in [0, 0.1) is 0 Å². The van der Waals surface area contributed by atoms with E-state index in [0.717, 1.165) is 0 Å². The predicted octanol–water partition coefficient (Wildman–Crippen LogP) is 1.02. The summed E-state index contributed by atoms with van der Waals surface area (Å²) in [6, 6.07) is 5.60. The molecule has 0 bridgehead atoms. The average molecular weight is 233 g/mol. The quantitative estimate of drug-likeness (QED) is 0.819. The lowest BCUT2D eigenvalue weighted by Crippen LogP contribution is -2.15. The fraction of sp³-hybridized carbons (Fsp3) is 0. The van der Waals surface area contributed by atoms with E-state index in [1.807, 2.05) is 0 Å². The zero-order valence-electron chi connectivity index (χ0n) is 8.45. The van der Waals surface area contributed by atoms with Gasteiger partial charge in [0.25, 0.3) is 5.91 Å². The van der Waals surface area contributed by atoms with Gasteiger partial charge in [-0.05, 0) is 12.1 Å². The van der Waals surface area contributed by atoms with Crippen molar-refractivity contribution in [3.63, 3.8) is 0 Å². The predicted molar refractivity (Wildman–Crippen MR) is 55.7 cm³/mol. The number of amides is 1. The van der Waals surface area contributed by atoms with Crippen molar-refractivity contribution < 1.29 is 19.2 Å². The molecule has 0 aromatic carbocycles. The van der Waals surface area contributed by atoms with Gasteiger partial charge < -0.3 is 14.9 Å². The van der Waals surface area contributed by atoms with Crippen molar-refractivity contribution in [2.24, 2.45) is 0 Å². The van der Waals surface area contributed by atoms with E-state index in [1.165, 1.54) is 30.5 Å². The normalized spacial score (nSPS) is 9.88. The van der Waals surface area contributed by atoms with E-state index in [1.54, 1.807) is 0 Å². The standard InChI is InChI=1S/C10H7N3O4/c14-9(12-8-4-5-17-13-8)6-2-1-3-7(11-6)10(15)16/h1-5H,(H,15,16)(H,12,13,14). The number of carbonyl (C=O) groups is 2. The molecule has 0 saturated heterocycles. The number of pyridine rings is 1. The first-order valence-corrected chi connectivity index (χ1v) is 4.59. The third-order valence-corrected chi connectivity index (χ3v) is 1.88. The average Bonchev–Trinajstić information content (AvgIpc) is 2.82. The Hall–Kier alpha value is -2.70. The second kappa shape index (κ2) is 4.44. The van der Waals surface area contributed by atoms with Crippen molar-refractivity contribution in [1.82, 2.24) is 10.1 Å². The first-order chi connectivity index (χ1) is 8.16. The van der Waals surface area contributed by atoms with E-state index >= 15 is 0 Å². The van der Waals surface area contributed by atoms with Crippen LogP contribution in [-0.2, 0) is 0 Å². The number of hydrogen-bond donors (Lipinski definition) is 2. The van der Waals surface area contributed by atoms with E-state index in [-0.39, 0.29) is 17.2 Å². The Bertz CT molecular complexity index is 550. The molecule has 2 rings (SSSR count). The minimum absolute atomic E-state index is 0.00657. The lowest BCUT2D eigenvalue weighted by molar-refractivity contribution is 0.0690. The smallest absolute Gasteiger partial charge is 0.354 e. The molecule has 86 valence electrons. The topological polar surface area (TPSA) is 105 Å². The summed E-state index contributed by atoms with van der Waals surface area (Å²) in [7, 11) is 0. The van der Waals surface area contributed by atoms with Gasteiger partial charge in [-0.15, -0.1) is 0 Å². The van der Waals surface area contributed by atoms with E-state index in [9.17, 15) is 9.59 Å². The van der Waals surface area contributed by atoms with Crippen LogP contribution in [0.2, 0.25) is 0 Å². The highest BCUT2D eigenvalue weighted by Crippen LogP contribution is 2.05. The molecule has 7 nitrogen and oxygen atoms in total. The second-order valence-corrected chi connectivity index (χ2v) is 3.05. The summed E-state index contributed by atoms with van der Waals surface area (Å²) in [4.78, 5) is 26.0. The maximum Gasteiger partial charge on any atom is 0.354 e. The van der Waals surface area contributed by atoms with Gasteiger partial charge in [0.05, 0.1) is 0 Å². The van der Waals surface area contributed by atoms with E-state index in [2.05, 4.69) is 20.0 Å². The van der Waals surface area contributed by atoms with Gasteiger partial charge in [-0.25, -0.2) is 9.78 Å². The molecule has 0 aliphatic rings. The molecule has 0 radical (unpaired) electrons. The Morgan fingerprint density at radius 3 is 2.65 bits per heavy atom. The maximum atomic E-state index is 11.6. The van der Waals surface area contributed by atoms with E-state index in [4.69, 9.17) is 5.11 Å². The third kappa shape index (κ3) is 2.46. The van der Waals surface area contributed by atoms with Crippen molar-refractivity contribution in [3.8, 4) is 0 Å². The largest absolute Gasteiger partial charge is 0.477 e. The number of anilines is 1. The molecule has 2 aromatic rings. The highest BCUT2D eigenvalue weighted by atomic mass is 16.5. The van der Waals surface area contributed by atoms with Crippen LogP contribution in [0.5, 0.6) is 0 Å². The first-order valence-electron chi connectivity index (χ1n) is 4.59. The Morgan fingerprint density at radius 1 is 1.24 bits per heavy atom. The SMILES string of the molecule is O=C(O)c1cccc(C(=O)Nc2ccon2)n1. The number of nitrogens with zero attached hydrogens (tertiary/aromatic N) is 2. The zero-order valence-corrected chi connectivity index (χ0v) is 8.45. The number of carboxylic acids is 1. The second-order valence-electron chi connectivity index (χ2n) is 3.05. The van der Waals surface area contributed by atoms with Crippen LogP contribution >= 0.6 is 0 Å². The van der Waals surface area contributed by atoms with Gasteiger partial charge in [0.2, 0.25) is 0 Å². The summed E-state index contributed by atoms with van der Waals surface area (Å²) in [5.74, 6) is -1.51. The molecule has 0 aliphatic heterocycles. The third-order valence-electron chi connectivity index (χ3n) is 1.88. The Kier molecular flexibility index (Phi) is 2.82. The summed E-state index contributed by atoms with van der Waals surface area (Å²) in [5, 5.41) is 14.6. The molecule has 2 aromatic heterocycles. The van der Waals surface area contributed by atoms with E-state index in [0.29, 0.717) is 0 Å². The van der Waals surface area contributed by atoms with Gasteiger partial charge in [0.1, 0.15) is 17.7 Å². The van der Waals surface area contributed by atoms with Crippen molar-refractivity contribution >= 4 is 17.7 Å². The molecule has 0 saturated carbocycles. The Labute approximate surface area is 95.1 Å². The van der Waals surface area contributed by atoms with Crippen LogP contribution in [0.15, 0.2) is 35.1 Å². The molecule has 7 heteroatoms. The number of carboxylic acid groups (broad SMARTS) is 1. The molecule has 2 N–H and O–H groups in total. The number of carbonyl (C=O) groups excluding carboxylic acids is 1. The maximum absolute atomic E-state index is 11.6. The molecular weight excluding hydrogens is 226 g/mol. The zero-order chi connectivity index (χ0) is 12.3. The summed E-state index contributed by atoms with van der Waals surface area (Å²) >= 11 is 0. The first kappa shape index (κ1) is 10.8. The van der Waals surface area contributed by atoms with Crippen molar-refractivity contribution in [2.45, 2.75) is 0 Å². The fourth-order valence-electron chi connectivity index (χ4n) is 1.14. The summed E-state index contributed by atoms with van der Waals surface area (Å²) < 4.78 is 4.53. The molecule has 0 fully saturated rings. The van der Waals surface area contributed by atoms with Crippen LogP contribution in [0.1, 0.15) is 21.0 Å². The minimum atomic E-state index is -1.19.